The molecule has 2 rings (SSSR count). The van der Waals surface area contributed by atoms with E-state index in [1.165, 1.54) is 0 Å². The predicted octanol–water partition coefficient (Wildman–Crippen LogP) is 2.42. The summed E-state index contributed by atoms with van der Waals surface area (Å²) in [5.41, 5.74) is 1.79. The Morgan fingerprint density at radius 2 is 2.05 bits per heavy atom. The predicted molar refractivity (Wildman–Crippen MR) is 78.4 cm³/mol. The van der Waals surface area contributed by atoms with Crippen LogP contribution in [0, 0.1) is 12.8 Å². The van der Waals surface area contributed by atoms with Gasteiger partial charge in [0.25, 0.3) is 0 Å². The fraction of sp³-hybridized carbons (Fsp3) is 0.400. The summed E-state index contributed by atoms with van der Waals surface area (Å²) in [6, 6.07) is 3.53. The third kappa shape index (κ3) is 3.91. The molecule has 5 nitrogen and oxygen atoms in total. The smallest absolute Gasteiger partial charge is 0.244 e. The molecule has 2 aromatic rings. The molecule has 0 unspecified atom stereocenters. The normalized spacial score (nSPS) is 10.8. The number of pyridine rings is 1. The summed E-state index contributed by atoms with van der Waals surface area (Å²) in [5.74, 6) is 1.36. The minimum Gasteiger partial charge on any atom is -0.325 e. The van der Waals surface area contributed by atoms with E-state index in [0.29, 0.717) is 5.92 Å². The third-order valence-corrected chi connectivity index (χ3v) is 2.92. The van der Waals surface area contributed by atoms with Gasteiger partial charge in [-0.25, -0.2) is 4.98 Å². The van der Waals surface area contributed by atoms with Crippen LogP contribution in [-0.4, -0.2) is 20.4 Å². The molecule has 106 valence electrons. The Bertz CT molecular complexity index is 575. The molecule has 0 aliphatic carbocycles. The fourth-order valence-corrected chi connectivity index (χ4v) is 2.04. The van der Waals surface area contributed by atoms with Crippen molar-refractivity contribution in [1.29, 1.82) is 0 Å². The van der Waals surface area contributed by atoms with Crippen molar-refractivity contribution < 1.29 is 4.79 Å². The van der Waals surface area contributed by atoms with Gasteiger partial charge in [-0.15, -0.1) is 0 Å². The quantitative estimate of drug-likeness (QED) is 0.909. The Hall–Kier alpha value is -2.17. The van der Waals surface area contributed by atoms with Crippen molar-refractivity contribution >= 4 is 11.6 Å². The van der Waals surface area contributed by atoms with Crippen LogP contribution in [0.4, 0.5) is 5.69 Å². The lowest BCUT2D eigenvalue weighted by Crippen LogP contribution is -2.19. The summed E-state index contributed by atoms with van der Waals surface area (Å²) in [7, 11) is 0. The van der Waals surface area contributed by atoms with E-state index in [9.17, 15) is 4.79 Å². The Labute approximate surface area is 119 Å². The van der Waals surface area contributed by atoms with Gasteiger partial charge in [0.15, 0.2) is 0 Å². The first kappa shape index (κ1) is 14.2. The second kappa shape index (κ2) is 6.32. The molecule has 0 aliphatic rings. The molecule has 2 aromatic heterocycles. The van der Waals surface area contributed by atoms with Crippen molar-refractivity contribution in [1.82, 2.24) is 14.5 Å². The second-order valence-electron chi connectivity index (χ2n) is 5.29. The van der Waals surface area contributed by atoms with E-state index >= 15 is 0 Å². The van der Waals surface area contributed by atoms with Crippen LogP contribution >= 0.6 is 0 Å². The molecule has 1 amide bonds. The molecule has 0 spiro atoms. The highest BCUT2D eigenvalue weighted by Crippen LogP contribution is 2.09. The maximum atomic E-state index is 12.0. The Kier molecular flexibility index (Phi) is 4.50. The zero-order valence-corrected chi connectivity index (χ0v) is 12.1. The monoisotopic (exact) mass is 272 g/mol. The van der Waals surface area contributed by atoms with E-state index < -0.39 is 0 Å². The highest BCUT2D eigenvalue weighted by molar-refractivity contribution is 5.90. The summed E-state index contributed by atoms with van der Waals surface area (Å²) in [6.07, 6.45) is 6.19. The largest absolute Gasteiger partial charge is 0.325 e. The van der Waals surface area contributed by atoms with E-state index in [1.54, 1.807) is 24.5 Å². The van der Waals surface area contributed by atoms with Crippen molar-refractivity contribution in [2.45, 2.75) is 33.7 Å². The Morgan fingerprint density at radius 1 is 1.35 bits per heavy atom. The number of aryl methyl sites for hydroxylation is 1. The molecule has 0 aliphatic heterocycles. The van der Waals surface area contributed by atoms with Crippen LogP contribution in [0.1, 0.15) is 25.4 Å². The van der Waals surface area contributed by atoms with Gasteiger partial charge in [-0.1, -0.05) is 13.8 Å². The topological polar surface area (TPSA) is 59.8 Å². The van der Waals surface area contributed by atoms with Crippen molar-refractivity contribution in [3.8, 4) is 0 Å². The molecule has 0 aromatic carbocycles. The highest BCUT2D eigenvalue weighted by Gasteiger charge is 2.09. The number of nitrogens with zero attached hydrogens (tertiary/aromatic N) is 3. The molecule has 5 heteroatoms. The minimum atomic E-state index is -0.0622. The summed E-state index contributed by atoms with van der Waals surface area (Å²) in [5, 5.41) is 2.84. The molecule has 2 heterocycles. The molecule has 0 radical (unpaired) electrons. The number of imidazole rings is 1. The fourth-order valence-electron chi connectivity index (χ4n) is 2.04. The number of rotatable bonds is 5. The van der Waals surface area contributed by atoms with Crippen LogP contribution in [0.3, 0.4) is 0 Å². The van der Waals surface area contributed by atoms with Crippen LogP contribution in [0.15, 0.2) is 30.7 Å². The molecule has 0 saturated heterocycles. The molecule has 0 saturated carbocycles. The van der Waals surface area contributed by atoms with E-state index in [0.717, 1.165) is 23.6 Å². The number of anilines is 1. The van der Waals surface area contributed by atoms with E-state index in [1.807, 2.05) is 17.7 Å². The summed E-state index contributed by atoms with van der Waals surface area (Å²) >= 11 is 0. The first-order valence-corrected chi connectivity index (χ1v) is 6.77. The average Bonchev–Trinajstić information content (AvgIpc) is 2.69. The lowest BCUT2D eigenvalue weighted by molar-refractivity contribution is -0.116. The van der Waals surface area contributed by atoms with Gasteiger partial charge in [-0.2, -0.15) is 0 Å². The lowest BCUT2D eigenvalue weighted by Gasteiger charge is -2.06. The first-order valence-electron chi connectivity index (χ1n) is 6.77. The van der Waals surface area contributed by atoms with Crippen LogP contribution < -0.4 is 5.32 Å². The molecule has 0 fully saturated rings. The lowest BCUT2D eigenvalue weighted by atomic mass is 10.1. The molecule has 20 heavy (non-hydrogen) atoms. The zero-order chi connectivity index (χ0) is 14.5. The molecule has 1 N–H and O–H groups in total. The standard InChI is InChI=1S/C15H20N4O/c1-11(2)8-14-9-19(12(3)17-14)10-15(20)18-13-4-6-16-7-5-13/h4-7,9,11H,8,10H2,1-3H3,(H,16,18,20). The van der Waals surface area contributed by atoms with Gasteiger partial charge in [-0.3, -0.25) is 9.78 Å². The van der Waals surface area contributed by atoms with Gasteiger partial charge >= 0.3 is 0 Å². The number of hydrogen-bond acceptors (Lipinski definition) is 3. The van der Waals surface area contributed by atoms with Crippen molar-refractivity contribution in [2.75, 3.05) is 5.32 Å². The summed E-state index contributed by atoms with van der Waals surface area (Å²) in [4.78, 5) is 20.4. The van der Waals surface area contributed by atoms with Crippen LogP contribution in [0.5, 0.6) is 0 Å². The van der Waals surface area contributed by atoms with Crippen molar-refractivity contribution in [2.24, 2.45) is 5.92 Å². The van der Waals surface area contributed by atoms with Crippen LogP contribution in [0.25, 0.3) is 0 Å². The molecular formula is C15H20N4O. The Balaban J connectivity index is 1.99. The SMILES string of the molecule is Cc1nc(CC(C)C)cn1CC(=O)Nc1ccncc1. The number of nitrogens with one attached hydrogen (secondary N) is 1. The van der Waals surface area contributed by atoms with Gasteiger partial charge < -0.3 is 9.88 Å². The first-order chi connectivity index (χ1) is 9.54. The number of hydrogen-bond donors (Lipinski definition) is 1. The minimum absolute atomic E-state index is 0.0622. The number of aromatic nitrogens is 3. The Morgan fingerprint density at radius 3 is 2.70 bits per heavy atom. The molecular weight excluding hydrogens is 252 g/mol. The van der Waals surface area contributed by atoms with Crippen LogP contribution in [0.2, 0.25) is 0 Å². The van der Waals surface area contributed by atoms with Gasteiger partial charge in [0.1, 0.15) is 12.4 Å². The van der Waals surface area contributed by atoms with E-state index in [2.05, 4.69) is 29.1 Å². The number of amides is 1. The second-order valence-corrected chi connectivity index (χ2v) is 5.29. The maximum absolute atomic E-state index is 12.0. The summed E-state index contributed by atoms with van der Waals surface area (Å²) in [6.45, 7) is 6.51. The zero-order valence-electron chi connectivity index (χ0n) is 12.1. The van der Waals surface area contributed by atoms with Gasteiger partial charge in [0.2, 0.25) is 5.91 Å². The molecule has 0 atom stereocenters. The van der Waals surface area contributed by atoms with Crippen molar-refractivity contribution in [3.05, 3.63) is 42.2 Å². The van der Waals surface area contributed by atoms with Gasteiger partial charge in [0, 0.05) is 24.3 Å². The van der Waals surface area contributed by atoms with Gasteiger partial charge in [-0.05, 0) is 31.4 Å². The van der Waals surface area contributed by atoms with Gasteiger partial charge in [0.05, 0.1) is 5.69 Å². The number of carbonyl (C=O) groups excluding carboxylic acids is 1. The maximum Gasteiger partial charge on any atom is 0.244 e. The molecule has 0 bridgehead atoms. The van der Waals surface area contributed by atoms with Crippen LogP contribution in [-0.2, 0) is 17.8 Å². The van der Waals surface area contributed by atoms with E-state index in [-0.39, 0.29) is 12.5 Å². The van der Waals surface area contributed by atoms with E-state index in [4.69, 9.17) is 0 Å². The van der Waals surface area contributed by atoms with Crippen molar-refractivity contribution in [3.63, 3.8) is 0 Å². The summed E-state index contributed by atoms with van der Waals surface area (Å²) < 4.78 is 1.88. The average molecular weight is 272 g/mol. The number of carbonyl (C=O) groups is 1. The third-order valence-electron chi connectivity index (χ3n) is 2.92. The highest BCUT2D eigenvalue weighted by atomic mass is 16.1.